The predicted molar refractivity (Wildman–Crippen MR) is 84.8 cm³/mol. The standard InChI is InChI=1S/C15H22INO/c16-9-5-1-2-6-10-17-12-14-11-13-7-3-4-8-15(13)18-14/h3-4,7-8,14,17H,1-2,5-6,9-12H2. The summed E-state index contributed by atoms with van der Waals surface area (Å²) in [5.74, 6) is 1.08. The largest absolute Gasteiger partial charge is 0.488 e. The Bertz CT molecular complexity index is 331. The van der Waals surface area contributed by atoms with Crippen LogP contribution in [0.2, 0.25) is 0 Å². The molecule has 0 radical (unpaired) electrons. The summed E-state index contributed by atoms with van der Waals surface area (Å²) in [6.45, 7) is 2.10. The number of rotatable bonds is 8. The normalized spacial score (nSPS) is 17.5. The van der Waals surface area contributed by atoms with Crippen LogP contribution < -0.4 is 10.1 Å². The highest BCUT2D eigenvalue weighted by Gasteiger charge is 2.21. The highest BCUT2D eigenvalue weighted by atomic mass is 127. The molecule has 1 aromatic carbocycles. The van der Waals surface area contributed by atoms with Crippen molar-refractivity contribution in [3.05, 3.63) is 29.8 Å². The molecule has 2 rings (SSSR count). The maximum absolute atomic E-state index is 5.89. The van der Waals surface area contributed by atoms with Gasteiger partial charge in [0.15, 0.2) is 0 Å². The highest BCUT2D eigenvalue weighted by molar-refractivity contribution is 14.1. The van der Waals surface area contributed by atoms with E-state index in [4.69, 9.17) is 4.74 Å². The van der Waals surface area contributed by atoms with Gasteiger partial charge in [0.2, 0.25) is 0 Å². The Kier molecular flexibility index (Phi) is 6.28. The van der Waals surface area contributed by atoms with E-state index >= 15 is 0 Å². The first kappa shape index (κ1) is 14.1. The van der Waals surface area contributed by atoms with E-state index in [-0.39, 0.29) is 0 Å². The van der Waals surface area contributed by atoms with Gasteiger partial charge in [0.05, 0.1) is 0 Å². The Hall–Kier alpha value is -0.290. The number of unbranched alkanes of at least 4 members (excludes halogenated alkanes) is 3. The van der Waals surface area contributed by atoms with Gasteiger partial charge in [0, 0.05) is 13.0 Å². The van der Waals surface area contributed by atoms with Crippen LogP contribution in [0.3, 0.4) is 0 Å². The smallest absolute Gasteiger partial charge is 0.123 e. The van der Waals surface area contributed by atoms with Crippen molar-refractivity contribution in [2.24, 2.45) is 0 Å². The van der Waals surface area contributed by atoms with Crippen molar-refractivity contribution in [3.8, 4) is 5.75 Å². The first-order valence-corrected chi connectivity index (χ1v) is 8.44. The Morgan fingerprint density at radius 3 is 2.83 bits per heavy atom. The van der Waals surface area contributed by atoms with Crippen molar-refractivity contribution >= 4 is 22.6 Å². The minimum atomic E-state index is 0.330. The van der Waals surface area contributed by atoms with Gasteiger partial charge in [0.25, 0.3) is 0 Å². The molecule has 1 aliphatic heterocycles. The number of nitrogens with one attached hydrogen (secondary N) is 1. The van der Waals surface area contributed by atoms with Crippen LogP contribution in [0.25, 0.3) is 0 Å². The maximum atomic E-state index is 5.89. The summed E-state index contributed by atoms with van der Waals surface area (Å²) in [5, 5.41) is 3.51. The SMILES string of the molecule is ICCCCCCNCC1Cc2ccccc2O1. The molecule has 2 nitrogen and oxygen atoms in total. The third-order valence-electron chi connectivity index (χ3n) is 3.32. The topological polar surface area (TPSA) is 21.3 Å². The number of fused-ring (bicyclic) bond motifs is 1. The van der Waals surface area contributed by atoms with Crippen molar-refractivity contribution in [3.63, 3.8) is 0 Å². The summed E-state index contributed by atoms with van der Waals surface area (Å²) >= 11 is 2.45. The van der Waals surface area contributed by atoms with Gasteiger partial charge in [-0.25, -0.2) is 0 Å². The van der Waals surface area contributed by atoms with E-state index in [0.717, 1.165) is 25.3 Å². The molecule has 3 heteroatoms. The molecule has 0 saturated carbocycles. The molecule has 1 atom stereocenters. The average molecular weight is 359 g/mol. The van der Waals surface area contributed by atoms with Gasteiger partial charge in [-0.2, -0.15) is 0 Å². The maximum Gasteiger partial charge on any atom is 0.123 e. The lowest BCUT2D eigenvalue weighted by Crippen LogP contribution is -2.30. The number of hydrogen-bond donors (Lipinski definition) is 1. The second-order valence-corrected chi connectivity index (χ2v) is 5.94. The van der Waals surface area contributed by atoms with Crippen LogP contribution in [0.4, 0.5) is 0 Å². The average Bonchev–Trinajstić information content (AvgIpc) is 2.80. The molecule has 100 valence electrons. The molecule has 0 aliphatic carbocycles. The monoisotopic (exact) mass is 359 g/mol. The fraction of sp³-hybridized carbons (Fsp3) is 0.600. The number of halogens is 1. The number of hydrogen-bond acceptors (Lipinski definition) is 2. The van der Waals surface area contributed by atoms with E-state index in [9.17, 15) is 0 Å². The van der Waals surface area contributed by atoms with Crippen LogP contribution in [0.5, 0.6) is 5.75 Å². The Morgan fingerprint density at radius 1 is 1.17 bits per heavy atom. The summed E-state index contributed by atoms with van der Waals surface area (Å²) in [5.41, 5.74) is 1.35. The van der Waals surface area contributed by atoms with Crippen molar-refractivity contribution in [2.45, 2.75) is 38.2 Å². The summed E-state index contributed by atoms with van der Waals surface area (Å²) in [6, 6.07) is 8.37. The summed E-state index contributed by atoms with van der Waals surface area (Å²) < 4.78 is 7.18. The molecule has 0 spiro atoms. The fourth-order valence-electron chi connectivity index (χ4n) is 2.33. The molecule has 0 bridgehead atoms. The number of ether oxygens (including phenoxy) is 1. The minimum absolute atomic E-state index is 0.330. The van der Waals surface area contributed by atoms with Crippen LogP contribution in [-0.2, 0) is 6.42 Å². The zero-order valence-electron chi connectivity index (χ0n) is 10.8. The van der Waals surface area contributed by atoms with Crippen molar-refractivity contribution in [1.82, 2.24) is 5.32 Å². The molecule has 1 unspecified atom stereocenters. The van der Waals surface area contributed by atoms with E-state index in [1.807, 2.05) is 6.07 Å². The molecular formula is C15H22INO. The van der Waals surface area contributed by atoms with E-state index in [0.29, 0.717) is 6.10 Å². The van der Waals surface area contributed by atoms with Crippen molar-refractivity contribution in [1.29, 1.82) is 0 Å². The van der Waals surface area contributed by atoms with Crippen LogP contribution in [0, 0.1) is 0 Å². The first-order chi connectivity index (χ1) is 8.90. The van der Waals surface area contributed by atoms with Crippen LogP contribution in [0.1, 0.15) is 31.2 Å². The summed E-state index contributed by atoms with van der Waals surface area (Å²) in [7, 11) is 0. The van der Waals surface area contributed by atoms with Crippen LogP contribution in [-0.4, -0.2) is 23.6 Å². The second kappa shape index (κ2) is 8.00. The Labute approximate surface area is 124 Å². The summed E-state index contributed by atoms with van der Waals surface area (Å²) in [6.07, 6.45) is 6.75. The van der Waals surface area contributed by atoms with Gasteiger partial charge in [-0.3, -0.25) is 0 Å². The number of benzene rings is 1. The third-order valence-corrected chi connectivity index (χ3v) is 4.09. The molecule has 18 heavy (non-hydrogen) atoms. The molecule has 1 heterocycles. The molecular weight excluding hydrogens is 337 g/mol. The second-order valence-electron chi connectivity index (χ2n) is 4.86. The van der Waals surface area contributed by atoms with Crippen molar-refractivity contribution < 1.29 is 4.74 Å². The van der Waals surface area contributed by atoms with Gasteiger partial charge in [-0.15, -0.1) is 0 Å². The Balaban J connectivity index is 1.54. The van der Waals surface area contributed by atoms with Gasteiger partial charge in [-0.1, -0.05) is 53.6 Å². The van der Waals surface area contributed by atoms with Gasteiger partial charge >= 0.3 is 0 Å². The molecule has 0 fully saturated rings. The molecule has 0 amide bonds. The number of para-hydroxylation sites is 1. The molecule has 1 aromatic rings. The number of alkyl halides is 1. The zero-order valence-corrected chi connectivity index (χ0v) is 13.0. The van der Waals surface area contributed by atoms with Crippen LogP contribution >= 0.6 is 22.6 Å². The quantitative estimate of drug-likeness (QED) is 0.435. The molecule has 0 aromatic heterocycles. The van der Waals surface area contributed by atoms with E-state index in [1.165, 1.54) is 35.7 Å². The molecule has 0 saturated heterocycles. The van der Waals surface area contributed by atoms with E-state index in [1.54, 1.807) is 0 Å². The van der Waals surface area contributed by atoms with E-state index in [2.05, 4.69) is 46.1 Å². The van der Waals surface area contributed by atoms with Gasteiger partial charge < -0.3 is 10.1 Å². The third kappa shape index (κ3) is 4.43. The fourth-order valence-corrected chi connectivity index (χ4v) is 2.87. The van der Waals surface area contributed by atoms with Crippen molar-refractivity contribution in [2.75, 3.05) is 17.5 Å². The lowest BCUT2D eigenvalue weighted by Gasteiger charge is -2.11. The Morgan fingerprint density at radius 2 is 2.00 bits per heavy atom. The minimum Gasteiger partial charge on any atom is -0.488 e. The lowest BCUT2D eigenvalue weighted by atomic mass is 10.1. The zero-order chi connectivity index (χ0) is 12.6. The van der Waals surface area contributed by atoms with Gasteiger partial charge in [0.1, 0.15) is 11.9 Å². The lowest BCUT2D eigenvalue weighted by molar-refractivity contribution is 0.227. The predicted octanol–water partition coefficient (Wildman–Crippen LogP) is 3.58. The summed E-state index contributed by atoms with van der Waals surface area (Å²) in [4.78, 5) is 0. The molecule has 1 N–H and O–H groups in total. The van der Waals surface area contributed by atoms with Crippen LogP contribution in [0.15, 0.2) is 24.3 Å². The van der Waals surface area contributed by atoms with Gasteiger partial charge in [-0.05, 0) is 35.4 Å². The molecule has 1 aliphatic rings. The van der Waals surface area contributed by atoms with E-state index < -0.39 is 0 Å². The highest BCUT2D eigenvalue weighted by Crippen LogP contribution is 2.27. The first-order valence-electron chi connectivity index (χ1n) is 6.91.